The van der Waals surface area contributed by atoms with Gasteiger partial charge >= 0.3 is 0 Å². The first-order valence-corrected chi connectivity index (χ1v) is 12.3. The Labute approximate surface area is 212 Å². The average Bonchev–Trinajstić information content (AvgIpc) is 3.29. The van der Waals surface area contributed by atoms with Crippen molar-refractivity contribution in [2.45, 2.75) is 39.5 Å². The predicted molar refractivity (Wildman–Crippen MR) is 142 cm³/mol. The number of amides is 1. The average molecular weight is 494 g/mol. The molecule has 0 saturated heterocycles. The van der Waals surface area contributed by atoms with Crippen LogP contribution in [0.3, 0.4) is 0 Å². The summed E-state index contributed by atoms with van der Waals surface area (Å²) in [6.07, 6.45) is 8.67. The van der Waals surface area contributed by atoms with Crippen molar-refractivity contribution in [1.29, 1.82) is 0 Å². The van der Waals surface area contributed by atoms with Crippen LogP contribution >= 0.6 is 0 Å². The Kier molecular flexibility index (Phi) is 9.64. The molecule has 192 valence electrons. The zero-order chi connectivity index (χ0) is 26.1. The van der Waals surface area contributed by atoms with E-state index in [1.807, 2.05) is 49.0 Å². The number of carbonyl (C=O) groups is 1. The number of imidazole rings is 1. The molecule has 0 unspecified atom stereocenters. The van der Waals surface area contributed by atoms with Crippen molar-refractivity contribution in [3.8, 4) is 16.9 Å². The van der Waals surface area contributed by atoms with Gasteiger partial charge in [0.15, 0.2) is 0 Å². The van der Waals surface area contributed by atoms with Crippen molar-refractivity contribution < 1.29 is 13.9 Å². The molecule has 0 aliphatic rings. The van der Waals surface area contributed by atoms with Crippen LogP contribution in [0.15, 0.2) is 65.6 Å². The number of pyridine rings is 1. The molecule has 0 spiro atoms. The van der Waals surface area contributed by atoms with Gasteiger partial charge in [-0.15, -0.1) is 0 Å². The molecular formula is C28H36FN5O2. The van der Waals surface area contributed by atoms with Crippen LogP contribution in [-0.4, -0.2) is 42.5 Å². The molecule has 2 heterocycles. The predicted octanol–water partition coefficient (Wildman–Crippen LogP) is 4.38. The number of halogens is 1. The van der Waals surface area contributed by atoms with E-state index in [-0.39, 0.29) is 18.3 Å². The number of aromatic nitrogens is 2. The molecule has 4 N–H and O–H groups in total. The van der Waals surface area contributed by atoms with Crippen molar-refractivity contribution in [3.05, 3.63) is 77.2 Å². The molecular weight excluding hydrogens is 457 g/mol. The Morgan fingerprint density at radius 3 is 2.72 bits per heavy atom. The molecule has 0 bridgehead atoms. The maximum absolute atomic E-state index is 14.2. The molecule has 1 amide bonds. The van der Waals surface area contributed by atoms with E-state index >= 15 is 0 Å². The van der Waals surface area contributed by atoms with E-state index in [1.54, 1.807) is 13.1 Å². The summed E-state index contributed by atoms with van der Waals surface area (Å²) in [5.41, 5.74) is 11.6. The maximum atomic E-state index is 14.2. The normalized spacial score (nSPS) is 12.4. The highest BCUT2D eigenvalue weighted by Gasteiger charge is 2.17. The second-order valence-corrected chi connectivity index (χ2v) is 8.51. The summed E-state index contributed by atoms with van der Waals surface area (Å²) in [6.45, 7) is 4.80. The number of nitrogens with zero attached hydrogens (tertiary/aromatic N) is 2. The molecule has 0 aliphatic carbocycles. The second-order valence-electron chi connectivity index (χ2n) is 8.51. The summed E-state index contributed by atoms with van der Waals surface area (Å²) in [5.74, 6) is -0.0749. The van der Waals surface area contributed by atoms with Crippen LogP contribution in [0.1, 0.15) is 38.8 Å². The Hall–Kier alpha value is -3.65. The van der Waals surface area contributed by atoms with Crippen molar-refractivity contribution in [2.24, 2.45) is 5.73 Å². The number of rotatable bonds is 12. The Morgan fingerprint density at radius 1 is 1.22 bits per heavy atom. The second kappa shape index (κ2) is 12.9. The van der Waals surface area contributed by atoms with Gasteiger partial charge in [-0.3, -0.25) is 4.79 Å². The van der Waals surface area contributed by atoms with Crippen LogP contribution in [0.25, 0.3) is 16.8 Å². The van der Waals surface area contributed by atoms with Crippen LogP contribution in [0.5, 0.6) is 5.75 Å². The number of allylic oxidation sites excluding steroid dienone is 2. The molecule has 0 fully saturated rings. The van der Waals surface area contributed by atoms with Crippen LogP contribution in [-0.2, 0) is 11.2 Å². The first kappa shape index (κ1) is 26.9. The van der Waals surface area contributed by atoms with Gasteiger partial charge in [0.1, 0.15) is 17.2 Å². The van der Waals surface area contributed by atoms with Gasteiger partial charge in [0.25, 0.3) is 5.91 Å². The van der Waals surface area contributed by atoms with Gasteiger partial charge in [-0.1, -0.05) is 19.4 Å². The van der Waals surface area contributed by atoms with Crippen LogP contribution in [0.2, 0.25) is 0 Å². The fourth-order valence-electron chi connectivity index (χ4n) is 4.09. The fourth-order valence-corrected chi connectivity index (χ4v) is 4.09. The van der Waals surface area contributed by atoms with Crippen molar-refractivity contribution >= 4 is 11.6 Å². The zero-order valence-corrected chi connectivity index (χ0v) is 21.5. The van der Waals surface area contributed by atoms with Crippen molar-refractivity contribution in [3.63, 3.8) is 0 Å². The molecule has 2 aromatic heterocycles. The minimum Gasteiger partial charge on any atom is -0.492 e. The number of ether oxygens (including phenoxy) is 1. The van der Waals surface area contributed by atoms with E-state index < -0.39 is 0 Å². The number of hydrogen-bond donors (Lipinski definition) is 3. The molecule has 1 aromatic carbocycles. The molecule has 8 heteroatoms. The highest BCUT2D eigenvalue weighted by Crippen LogP contribution is 2.32. The van der Waals surface area contributed by atoms with Gasteiger partial charge in [-0.2, -0.15) is 0 Å². The summed E-state index contributed by atoms with van der Waals surface area (Å²) in [4.78, 5) is 17.0. The number of nitrogens with one attached hydrogen (secondary N) is 2. The number of likely N-dealkylation sites (N-methyl/N-ethyl adjacent to an activating group) is 1. The van der Waals surface area contributed by atoms with Crippen LogP contribution < -0.4 is 21.1 Å². The van der Waals surface area contributed by atoms with Crippen LogP contribution in [0.4, 0.5) is 4.39 Å². The SMILES string of the molecule is CCC/C=C(C(=O)NC)/C(CCOc1cc(F)ccc1-c1ccc2ncc(CCN)n2c1)=C(/C)NC. The zero-order valence-electron chi connectivity index (χ0n) is 21.5. The summed E-state index contributed by atoms with van der Waals surface area (Å²) in [7, 11) is 3.45. The van der Waals surface area contributed by atoms with Gasteiger partial charge < -0.3 is 25.5 Å². The van der Waals surface area contributed by atoms with E-state index in [1.165, 1.54) is 12.1 Å². The molecule has 0 atom stereocenters. The smallest absolute Gasteiger partial charge is 0.251 e. The van der Waals surface area contributed by atoms with E-state index in [2.05, 4.69) is 22.5 Å². The van der Waals surface area contributed by atoms with Gasteiger partial charge in [0.05, 0.1) is 6.61 Å². The number of unbranched alkanes of at least 4 members (excludes halogenated alkanes) is 1. The molecule has 0 radical (unpaired) electrons. The van der Waals surface area contributed by atoms with Crippen molar-refractivity contribution in [2.75, 3.05) is 27.2 Å². The number of fused-ring (bicyclic) bond motifs is 1. The molecule has 3 aromatic rings. The van der Waals surface area contributed by atoms with E-state index in [9.17, 15) is 9.18 Å². The monoisotopic (exact) mass is 493 g/mol. The lowest BCUT2D eigenvalue weighted by Gasteiger charge is -2.17. The van der Waals surface area contributed by atoms with E-state index in [0.717, 1.165) is 46.6 Å². The topological polar surface area (TPSA) is 93.7 Å². The summed E-state index contributed by atoms with van der Waals surface area (Å²) < 4.78 is 22.4. The highest BCUT2D eigenvalue weighted by atomic mass is 19.1. The number of benzene rings is 1. The Morgan fingerprint density at radius 2 is 2.03 bits per heavy atom. The summed E-state index contributed by atoms with van der Waals surface area (Å²) in [5, 5.41) is 5.88. The minimum absolute atomic E-state index is 0.138. The van der Waals surface area contributed by atoms with Gasteiger partial charge in [0, 0.05) is 73.5 Å². The third-order valence-corrected chi connectivity index (χ3v) is 6.11. The highest BCUT2D eigenvalue weighted by molar-refractivity contribution is 5.97. The van der Waals surface area contributed by atoms with E-state index in [0.29, 0.717) is 30.7 Å². The standard InChI is InChI=1S/C28H36FN5O2/c1-5-6-7-25(28(35)32-4)23(19(2)31-3)13-15-36-26-16-21(29)9-10-24(26)20-8-11-27-33-17-22(12-14-30)34(27)18-20/h7-11,16-18,31H,5-6,12-15,30H2,1-4H3,(H,32,35)/b23-19-,25-7-. The van der Waals surface area contributed by atoms with Gasteiger partial charge in [-0.05, 0) is 49.7 Å². The molecule has 3 rings (SSSR count). The number of hydrogen-bond acceptors (Lipinski definition) is 5. The molecule has 36 heavy (non-hydrogen) atoms. The minimum atomic E-state index is -0.377. The Bertz CT molecular complexity index is 1260. The molecule has 0 aliphatic heterocycles. The molecule has 0 saturated carbocycles. The number of nitrogens with two attached hydrogens (primary N) is 1. The Balaban J connectivity index is 1.89. The summed E-state index contributed by atoms with van der Waals surface area (Å²) >= 11 is 0. The first-order valence-electron chi connectivity index (χ1n) is 12.3. The largest absolute Gasteiger partial charge is 0.492 e. The third kappa shape index (κ3) is 6.31. The maximum Gasteiger partial charge on any atom is 0.251 e. The quantitative estimate of drug-likeness (QED) is 0.257. The summed E-state index contributed by atoms with van der Waals surface area (Å²) in [6, 6.07) is 8.41. The third-order valence-electron chi connectivity index (χ3n) is 6.11. The van der Waals surface area contributed by atoms with E-state index in [4.69, 9.17) is 10.5 Å². The van der Waals surface area contributed by atoms with Crippen LogP contribution in [0, 0.1) is 5.82 Å². The lowest BCUT2D eigenvalue weighted by Crippen LogP contribution is -2.23. The molecule has 7 nitrogen and oxygen atoms in total. The van der Waals surface area contributed by atoms with Crippen molar-refractivity contribution in [1.82, 2.24) is 20.0 Å². The number of carbonyl (C=O) groups excluding carboxylic acids is 1. The van der Waals surface area contributed by atoms with Gasteiger partial charge in [0.2, 0.25) is 0 Å². The lowest BCUT2D eigenvalue weighted by molar-refractivity contribution is -0.116. The fraction of sp³-hybridized carbons (Fsp3) is 0.357. The first-order chi connectivity index (χ1) is 17.4. The van der Waals surface area contributed by atoms with Gasteiger partial charge in [-0.25, -0.2) is 9.37 Å². The lowest BCUT2D eigenvalue weighted by atomic mass is 9.98.